The largest absolute Gasteiger partial charge is 0.490 e. The molecule has 9 heteroatoms. The molecule has 0 atom stereocenters. The summed E-state index contributed by atoms with van der Waals surface area (Å²) < 4.78 is 53.1. The van der Waals surface area contributed by atoms with E-state index in [4.69, 9.17) is 9.47 Å². The minimum Gasteiger partial charge on any atom is -0.490 e. The lowest BCUT2D eigenvalue weighted by Crippen LogP contribution is -2.23. The van der Waals surface area contributed by atoms with Crippen LogP contribution >= 0.6 is 0 Å². The lowest BCUT2D eigenvalue weighted by Gasteiger charge is -2.12. The van der Waals surface area contributed by atoms with Crippen molar-refractivity contribution in [3.8, 4) is 11.5 Å². The second-order valence-corrected chi connectivity index (χ2v) is 9.29. The van der Waals surface area contributed by atoms with Crippen LogP contribution in [-0.2, 0) is 16.6 Å². The van der Waals surface area contributed by atoms with E-state index in [1.807, 2.05) is 0 Å². The Kier molecular flexibility index (Phi) is 6.50. The van der Waals surface area contributed by atoms with Crippen LogP contribution in [0, 0.1) is 12.7 Å². The Hall–Kier alpha value is -3.59. The first-order valence-corrected chi connectivity index (χ1v) is 11.9. The van der Waals surface area contributed by atoms with Gasteiger partial charge in [0.2, 0.25) is 0 Å². The third kappa shape index (κ3) is 5.43. The fraction of sp³-hybridized carbons (Fsp3) is 0.208. The maximum Gasteiger partial charge on any atom is 0.262 e. The molecular formula is C24H23FN2O5S. The summed E-state index contributed by atoms with van der Waals surface area (Å²) in [4.78, 5) is 12.6. The minimum absolute atomic E-state index is 0.0167. The minimum atomic E-state index is -3.92. The van der Waals surface area contributed by atoms with E-state index in [0.717, 1.165) is 0 Å². The van der Waals surface area contributed by atoms with Crippen LogP contribution in [0.1, 0.15) is 27.9 Å². The Morgan fingerprint density at radius 1 is 1.00 bits per heavy atom. The van der Waals surface area contributed by atoms with Crippen molar-refractivity contribution >= 4 is 21.6 Å². The third-order valence-electron chi connectivity index (χ3n) is 5.10. The highest BCUT2D eigenvalue weighted by molar-refractivity contribution is 7.92. The molecule has 1 amide bonds. The SMILES string of the molecule is Cc1ccc(CNC(=O)c2cccc(NS(=O)(=O)c3ccc4c(c3)OCCCO4)c2)cc1F. The van der Waals surface area contributed by atoms with E-state index in [9.17, 15) is 17.6 Å². The van der Waals surface area contributed by atoms with Gasteiger partial charge in [0, 0.05) is 30.3 Å². The average molecular weight is 471 g/mol. The molecule has 33 heavy (non-hydrogen) atoms. The summed E-state index contributed by atoms with van der Waals surface area (Å²) in [5.41, 5.74) is 1.65. The van der Waals surface area contributed by atoms with Crippen molar-refractivity contribution in [2.24, 2.45) is 0 Å². The van der Waals surface area contributed by atoms with Gasteiger partial charge in [-0.15, -0.1) is 0 Å². The summed E-state index contributed by atoms with van der Waals surface area (Å²) >= 11 is 0. The van der Waals surface area contributed by atoms with E-state index >= 15 is 0 Å². The molecule has 0 spiro atoms. The first kappa shape index (κ1) is 22.6. The van der Waals surface area contributed by atoms with Crippen molar-refractivity contribution in [2.45, 2.75) is 24.8 Å². The van der Waals surface area contributed by atoms with E-state index in [1.165, 1.54) is 24.3 Å². The summed E-state index contributed by atoms with van der Waals surface area (Å²) in [6.07, 6.45) is 0.711. The van der Waals surface area contributed by atoms with Crippen LogP contribution in [0.5, 0.6) is 11.5 Å². The quantitative estimate of drug-likeness (QED) is 0.568. The van der Waals surface area contributed by atoms with Crippen molar-refractivity contribution in [1.29, 1.82) is 0 Å². The predicted molar refractivity (Wildman–Crippen MR) is 122 cm³/mol. The van der Waals surface area contributed by atoms with Gasteiger partial charge < -0.3 is 14.8 Å². The topological polar surface area (TPSA) is 93.7 Å². The normalized spacial score (nSPS) is 13.2. The molecule has 3 aromatic rings. The average Bonchev–Trinajstić information content (AvgIpc) is 3.04. The number of aryl methyl sites for hydroxylation is 1. The van der Waals surface area contributed by atoms with Crippen LogP contribution in [0.15, 0.2) is 65.6 Å². The molecular weight excluding hydrogens is 447 g/mol. The molecule has 3 aromatic carbocycles. The number of hydrogen-bond acceptors (Lipinski definition) is 5. The zero-order valence-corrected chi connectivity index (χ0v) is 18.7. The van der Waals surface area contributed by atoms with Gasteiger partial charge >= 0.3 is 0 Å². The standard InChI is InChI=1S/C24H23FN2O5S/c1-16-6-7-17(12-21(16)25)15-26-24(28)18-4-2-5-19(13-18)27-33(29,30)20-8-9-22-23(14-20)32-11-3-10-31-22/h2,4-9,12-14,27H,3,10-11,15H2,1H3,(H,26,28). The smallest absolute Gasteiger partial charge is 0.262 e. The van der Waals surface area contributed by atoms with Gasteiger partial charge in [0.15, 0.2) is 11.5 Å². The lowest BCUT2D eigenvalue weighted by molar-refractivity contribution is 0.0951. The molecule has 0 radical (unpaired) electrons. The van der Waals surface area contributed by atoms with E-state index in [0.29, 0.717) is 42.3 Å². The van der Waals surface area contributed by atoms with E-state index in [2.05, 4.69) is 10.0 Å². The molecule has 0 unspecified atom stereocenters. The van der Waals surface area contributed by atoms with E-state index in [-0.39, 0.29) is 28.5 Å². The van der Waals surface area contributed by atoms with Crippen molar-refractivity contribution < 1.29 is 27.1 Å². The van der Waals surface area contributed by atoms with Crippen molar-refractivity contribution in [1.82, 2.24) is 5.32 Å². The van der Waals surface area contributed by atoms with Gasteiger partial charge in [0.25, 0.3) is 15.9 Å². The van der Waals surface area contributed by atoms with E-state index in [1.54, 1.807) is 43.3 Å². The Balaban J connectivity index is 1.46. The second-order valence-electron chi connectivity index (χ2n) is 7.61. The molecule has 0 bridgehead atoms. The Morgan fingerprint density at radius 2 is 1.79 bits per heavy atom. The van der Waals surface area contributed by atoms with Gasteiger partial charge in [-0.1, -0.05) is 18.2 Å². The second kappa shape index (κ2) is 9.50. The molecule has 0 saturated heterocycles. The summed E-state index contributed by atoms with van der Waals surface area (Å²) in [7, 11) is -3.92. The van der Waals surface area contributed by atoms with Gasteiger partial charge in [0.05, 0.1) is 18.1 Å². The number of halogens is 1. The molecule has 0 fully saturated rings. The van der Waals surface area contributed by atoms with Gasteiger partial charge in [-0.3, -0.25) is 9.52 Å². The summed E-state index contributed by atoms with van der Waals surface area (Å²) in [6, 6.07) is 15.3. The number of carbonyl (C=O) groups is 1. The van der Waals surface area contributed by atoms with Gasteiger partial charge in [-0.2, -0.15) is 0 Å². The third-order valence-corrected chi connectivity index (χ3v) is 6.47. The molecule has 1 heterocycles. The lowest BCUT2D eigenvalue weighted by atomic mass is 10.1. The molecule has 1 aliphatic rings. The maximum absolute atomic E-state index is 13.7. The van der Waals surface area contributed by atoms with Crippen LogP contribution in [0.25, 0.3) is 0 Å². The number of hydrogen-bond donors (Lipinski definition) is 2. The Labute approximate surface area is 191 Å². The number of fused-ring (bicyclic) bond motifs is 1. The first-order valence-electron chi connectivity index (χ1n) is 10.4. The number of amides is 1. The Morgan fingerprint density at radius 3 is 2.58 bits per heavy atom. The summed E-state index contributed by atoms with van der Waals surface area (Å²) in [6.45, 7) is 2.75. The highest BCUT2D eigenvalue weighted by Gasteiger charge is 2.19. The molecule has 0 aromatic heterocycles. The molecule has 1 aliphatic heterocycles. The van der Waals surface area contributed by atoms with Gasteiger partial charge in [-0.05, 0) is 54.4 Å². The molecule has 0 saturated carbocycles. The van der Waals surface area contributed by atoms with Crippen LogP contribution in [0.2, 0.25) is 0 Å². The number of sulfonamides is 1. The van der Waals surface area contributed by atoms with Crippen LogP contribution in [-0.4, -0.2) is 27.5 Å². The molecule has 7 nitrogen and oxygen atoms in total. The van der Waals surface area contributed by atoms with Crippen molar-refractivity contribution in [3.63, 3.8) is 0 Å². The van der Waals surface area contributed by atoms with Crippen LogP contribution in [0.4, 0.5) is 10.1 Å². The zero-order chi connectivity index (χ0) is 23.4. The van der Waals surface area contributed by atoms with Crippen molar-refractivity contribution in [3.05, 3.63) is 83.2 Å². The highest BCUT2D eigenvalue weighted by Crippen LogP contribution is 2.32. The highest BCUT2D eigenvalue weighted by atomic mass is 32.2. The molecule has 2 N–H and O–H groups in total. The first-order chi connectivity index (χ1) is 15.8. The van der Waals surface area contributed by atoms with E-state index < -0.39 is 15.9 Å². The number of anilines is 1. The van der Waals surface area contributed by atoms with Crippen LogP contribution < -0.4 is 19.5 Å². The predicted octanol–water partition coefficient (Wildman–Crippen LogP) is 4.03. The fourth-order valence-corrected chi connectivity index (χ4v) is 4.34. The fourth-order valence-electron chi connectivity index (χ4n) is 3.28. The molecule has 0 aliphatic carbocycles. The van der Waals surface area contributed by atoms with Gasteiger partial charge in [-0.25, -0.2) is 12.8 Å². The monoisotopic (exact) mass is 470 g/mol. The molecule has 4 rings (SSSR count). The van der Waals surface area contributed by atoms with Gasteiger partial charge in [0.1, 0.15) is 5.82 Å². The summed E-state index contributed by atoms with van der Waals surface area (Å²) in [5, 5.41) is 2.71. The summed E-state index contributed by atoms with van der Waals surface area (Å²) in [5.74, 6) is 0.121. The maximum atomic E-state index is 13.7. The number of rotatable bonds is 6. The number of nitrogens with one attached hydrogen (secondary N) is 2. The van der Waals surface area contributed by atoms with Crippen LogP contribution in [0.3, 0.4) is 0 Å². The molecule has 172 valence electrons. The van der Waals surface area contributed by atoms with Crippen molar-refractivity contribution in [2.75, 3.05) is 17.9 Å². The number of ether oxygens (including phenoxy) is 2. The number of benzene rings is 3. The number of carbonyl (C=O) groups excluding carboxylic acids is 1. The Bertz CT molecular complexity index is 1290. The zero-order valence-electron chi connectivity index (χ0n) is 17.9.